The molecule has 26 heavy (non-hydrogen) atoms. The van der Waals surface area contributed by atoms with Gasteiger partial charge in [0.2, 0.25) is 0 Å². The number of nitriles is 1. The summed E-state index contributed by atoms with van der Waals surface area (Å²) in [7, 11) is 0. The molecule has 6 nitrogen and oxygen atoms in total. The molecule has 2 aromatic carbocycles. The zero-order chi connectivity index (χ0) is 18.8. The van der Waals surface area contributed by atoms with Crippen LogP contribution in [0.25, 0.3) is 6.08 Å². The second-order valence-electron chi connectivity index (χ2n) is 5.16. The van der Waals surface area contributed by atoms with Crippen LogP contribution in [0.5, 0.6) is 5.75 Å². The van der Waals surface area contributed by atoms with Crippen molar-refractivity contribution in [2.75, 3.05) is 18.5 Å². The highest BCUT2D eigenvalue weighted by atomic mass is 16.5. The van der Waals surface area contributed by atoms with Crippen LogP contribution < -0.4 is 10.1 Å². The van der Waals surface area contributed by atoms with Crippen LogP contribution in [-0.2, 0) is 14.3 Å². The van der Waals surface area contributed by atoms with Crippen LogP contribution >= 0.6 is 0 Å². The molecule has 1 amide bonds. The Labute approximate surface area is 151 Å². The number of nitrogens with zero attached hydrogens (tertiary/aromatic N) is 1. The van der Waals surface area contributed by atoms with E-state index in [2.05, 4.69) is 5.32 Å². The molecule has 6 heteroatoms. The largest absolute Gasteiger partial charge is 0.484 e. The van der Waals surface area contributed by atoms with Gasteiger partial charge in [-0.05, 0) is 42.8 Å². The maximum atomic E-state index is 11.8. The molecular formula is C20H18N2O4. The zero-order valence-electron chi connectivity index (χ0n) is 14.3. The van der Waals surface area contributed by atoms with Gasteiger partial charge in [-0.2, -0.15) is 5.26 Å². The highest BCUT2D eigenvalue weighted by Crippen LogP contribution is 2.15. The molecule has 0 spiro atoms. The number of esters is 1. The Bertz CT molecular complexity index is 821. The van der Waals surface area contributed by atoms with Gasteiger partial charge >= 0.3 is 5.97 Å². The minimum atomic E-state index is -0.659. The Balaban J connectivity index is 1.92. The Hall–Kier alpha value is -3.59. The van der Waals surface area contributed by atoms with Crippen LogP contribution in [0.1, 0.15) is 12.5 Å². The fourth-order valence-corrected chi connectivity index (χ4v) is 2.04. The minimum absolute atomic E-state index is 0.0808. The van der Waals surface area contributed by atoms with Crippen LogP contribution in [0.3, 0.4) is 0 Å². The third kappa shape index (κ3) is 5.80. The van der Waals surface area contributed by atoms with Crippen molar-refractivity contribution in [1.82, 2.24) is 0 Å². The fraction of sp³-hybridized carbons (Fsp3) is 0.150. The van der Waals surface area contributed by atoms with Crippen molar-refractivity contribution < 1.29 is 19.1 Å². The van der Waals surface area contributed by atoms with Crippen molar-refractivity contribution in [3.63, 3.8) is 0 Å². The fourth-order valence-electron chi connectivity index (χ4n) is 2.04. The van der Waals surface area contributed by atoms with Crippen molar-refractivity contribution in [2.24, 2.45) is 0 Å². The monoisotopic (exact) mass is 350 g/mol. The molecular weight excluding hydrogens is 332 g/mol. The average Bonchev–Trinajstić information content (AvgIpc) is 2.66. The highest BCUT2D eigenvalue weighted by Gasteiger charge is 2.09. The standard InChI is InChI=1S/C20H18N2O4/c1-2-25-20(24)16(13-21)12-15-8-10-18(11-9-15)26-14-19(23)22-17-6-4-3-5-7-17/h3-12H,2,14H2,1H3,(H,22,23)/b16-12-. The third-order valence-corrected chi connectivity index (χ3v) is 3.23. The molecule has 0 aliphatic heterocycles. The second-order valence-corrected chi connectivity index (χ2v) is 5.16. The molecule has 2 aromatic rings. The number of benzene rings is 2. The first-order valence-electron chi connectivity index (χ1n) is 7.99. The summed E-state index contributed by atoms with van der Waals surface area (Å²) < 4.78 is 10.2. The van der Waals surface area contributed by atoms with Crippen LogP contribution in [0, 0.1) is 11.3 Å². The number of carbonyl (C=O) groups is 2. The first-order chi connectivity index (χ1) is 12.6. The van der Waals surface area contributed by atoms with Gasteiger partial charge in [-0.1, -0.05) is 30.3 Å². The van der Waals surface area contributed by atoms with Crippen molar-refractivity contribution >= 4 is 23.6 Å². The maximum Gasteiger partial charge on any atom is 0.348 e. The quantitative estimate of drug-likeness (QED) is 0.471. The van der Waals surface area contributed by atoms with Gasteiger partial charge in [0, 0.05) is 5.69 Å². The number of para-hydroxylation sites is 1. The van der Waals surface area contributed by atoms with Gasteiger partial charge in [0.05, 0.1) is 6.61 Å². The third-order valence-electron chi connectivity index (χ3n) is 3.23. The van der Waals surface area contributed by atoms with Crippen LogP contribution in [0.4, 0.5) is 5.69 Å². The lowest BCUT2D eigenvalue weighted by atomic mass is 10.1. The molecule has 0 saturated carbocycles. The van der Waals surface area contributed by atoms with E-state index in [0.717, 1.165) is 0 Å². The predicted octanol–water partition coefficient (Wildman–Crippen LogP) is 3.17. The van der Waals surface area contributed by atoms with E-state index in [1.165, 1.54) is 6.08 Å². The van der Waals surface area contributed by atoms with E-state index in [9.17, 15) is 9.59 Å². The van der Waals surface area contributed by atoms with Crippen molar-refractivity contribution in [3.8, 4) is 11.8 Å². The molecule has 0 unspecified atom stereocenters. The summed E-state index contributed by atoms with van der Waals surface area (Å²) in [4.78, 5) is 23.4. The van der Waals surface area contributed by atoms with Crippen LogP contribution in [0.15, 0.2) is 60.2 Å². The molecule has 2 rings (SSSR count). The smallest absolute Gasteiger partial charge is 0.348 e. The summed E-state index contributed by atoms with van der Waals surface area (Å²) in [6.07, 6.45) is 1.43. The molecule has 0 saturated heterocycles. The average molecular weight is 350 g/mol. The van der Waals surface area contributed by atoms with E-state index in [1.54, 1.807) is 43.3 Å². The first-order valence-corrected chi connectivity index (χ1v) is 7.99. The second kappa shape index (κ2) is 9.64. The number of amides is 1. The Kier molecular flexibility index (Phi) is 6.95. The van der Waals surface area contributed by atoms with Gasteiger partial charge in [0.1, 0.15) is 17.4 Å². The normalized spacial score (nSPS) is 10.5. The molecule has 0 bridgehead atoms. The minimum Gasteiger partial charge on any atom is -0.484 e. The van der Waals surface area contributed by atoms with Crippen molar-refractivity contribution in [1.29, 1.82) is 5.26 Å². The lowest BCUT2D eigenvalue weighted by Gasteiger charge is -2.07. The summed E-state index contributed by atoms with van der Waals surface area (Å²) >= 11 is 0. The zero-order valence-corrected chi connectivity index (χ0v) is 14.3. The van der Waals surface area contributed by atoms with Gasteiger partial charge in [0.25, 0.3) is 5.91 Å². The van der Waals surface area contributed by atoms with E-state index in [-0.39, 0.29) is 24.7 Å². The van der Waals surface area contributed by atoms with Crippen LogP contribution in [0.2, 0.25) is 0 Å². The molecule has 0 radical (unpaired) electrons. The molecule has 0 atom stereocenters. The molecule has 0 aliphatic rings. The van der Waals surface area contributed by atoms with Crippen molar-refractivity contribution in [3.05, 3.63) is 65.7 Å². The van der Waals surface area contributed by atoms with E-state index in [0.29, 0.717) is 17.0 Å². The first kappa shape index (κ1) is 18.7. The van der Waals surface area contributed by atoms with Crippen molar-refractivity contribution in [2.45, 2.75) is 6.92 Å². The molecule has 0 fully saturated rings. The number of hydrogen-bond acceptors (Lipinski definition) is 5. The van der Waals surface area contributed by atoms with Gasteiger partial charge < -0.3 is 14.8 Å². The number of rotatable bonds is 7. The summed E-state index contributed by atoms with van der Waals surface area (Å²) in [5.41, 5.74) is 1.27. The number of nitrogens with one attached hydrogen (secondary N) is 1. The number of carbonyl (C=O) groups excluding carboxylic acids is 2. The number of anilines is 1. The lowest BCUT2D eigenvalue weighted by Crippen LogP contribution is -2.20. The summed E-state index contributed by atoms with van der Waals surface area (Å²) in [5.74, 6) is -0.429. The topological polar surface area (TPSA) is 88.4 Å². The Morgan fingerprint density at radius 3 is 2.42 bits per heavy atom. The van der Waals surface area contributed by atoms with Gasteiger partial charge in [-0.15, -0.1) is 0 Å². The Morgan fingerprint density at radius 2 is 1.81 bits per heavy atom. The number of ether oxygens (including phenoxy) is 2. The summed E-state index contributed by atoms with van der Waals surface area (Å²) in [5, 5.41) is 11.7. The van der Waals surface area contributed by atoms with Gasteiger partial charge in [-0.25, -0.2) is 4.79 Å². The van der Waals surface area contributed by atoms with E-state index < -0.39 is 5.97 Å². The summed E-state index contributed by atoms with van der Waals surface area (Å²) in [6.45, 7) is 1.75. The number of hydrogen-bond donors (Lipinski definition) is 1. The summed E-state index contributed by atoms with van der Waals surface area (Å²) in [6, 6.07) is 17.6. The van der Waals surface area contributed by atoms with Crippen LogP contribution in [-0.4, -0.2) is 25.1 Å². The van der Waals surface area contributed by atoms with E-state index >= 15 is 0 Å². The predicted molar refractivity (Wildman–Crippen MR) is 97.2 cm³/mol. The SMILES string of the molecule is CCOC(=O)/C(C#N)=C\c1ccc(OCC(=O)Nc2ccccc2)cc1. The van der Waals surface area contributed by atoms with E-state index in [4.69, 9.17) is 14.7 Å². The molecule has 0 heterocycles. The maximum absolute atomic E-state index is 11.8. The molecule has 0 aromatic heterocycles. The highest BCUT2D eigenvalue weighted by molar-refractivity contribution is 5.97. The van der Waals surface area contributed by atoms with Gasteiger partial charge in [-0.3, -0.25) is 4.79 Å². The van der Waals surface area contributed by atoms with Gasteiger partial charge in [0.15, 0.2) is 6.61 Å². The van der Waals surface area contributed by atoms with E-state index in [1.807, 2.05) is 24.3 Å². The lowest BCUT2D eigenvalue weighted by molar-refractivity contribution is -0.137. The Morgan fingerprint density at radius 1 is 1.12 bits per heavy atom. The molecule has 132 valence electrons. The molecule has 0 aliphatic carbocycles. The molecule has 1 N–H and O–H groups in total.